The highest BCUT2D eigenvalue weighted by molar-refractivity contribution is 9.10. The van der Waals surface area contributed by atoms with E-state index in [0.717, 1.165) is 0 Å². The zero-order valence-corrected chi connectivity index (χ0v) is 16.8. The van der Waals surface area contributed by atoms with Crippen LogP contribution in [0.25, 0.3) is 0 Å². The summed E-state index contributed by atoms with van der Waals surface area (Å²) in [5, 5.41) is 4.57. The molecule has 2 aliphatic heterocycles. The molecule has 0 aliphatic carbocycles. The second-order valence-corrected chi connectivity index (χ2v) is 9.15. The number of urea groups is 1. The Kier molecular flexibility index (Phi) is 5.82. The van der Waals surface area contributed by atoms with Crippen molar-refractivity contribution in [2.24, 2.45) is 0 Å². The van der Waals surface area contributed by atoms with Crippen LogP contribution >= 0.6 is 15.9 Å². The summed E-state index contributed by atoms with van der Waals surface area (Å²) in [6.45, 7) is 0.993. The predicted molar refractivity (Wildman–Crippen MR) is 99.2 cm³/mol. The maximum absolute atomic E-state index is 12.7. The fraction of sp³-hybridized carbons (Fsp3) is 0.438. The first-order chi connectivity index (χ1) is 12.8. The smallest absolute Gasteiger partial charge is 0.322 e. The number of sulfonamides is 1. The third kappa shape index (κ3) is 4.47. The second kappa shape index (κ2) is 7.95. The summed E-state index contributed by atoms with van der Waals surface area (Å²) in [5.41, 5.74) is 0. The lowest BCUT2D eigenvalue weighted by atomic mass is 10.1. The van der Waals surface area contributed by atoms with Crippen LogP contribution in [0.4, 0.5) is 4.79 Å². The van der Waals surface area contributed by atoms with Crippen LogP contribution in [-0.2, 0) is 19.6 Å². The number of carbonyl (C=O) groups is 3. The minimum absolute atomic E-state index is 0.108. The highest BCUT2D eigenvalue weighted by Crippen LogP contribution is 2.21. The molecule has 1 aromatic rings. The number of piperazine rings is 1. The van der Waals surface area contributed by atoms with Crippen LogP contribution in [0.5, 0.6) is 0 Å². The van der Waals surface area contributed by atoms with Gasteiger partial charge in [0.25, 0.3) is 5.91 Å². The average molecular weight is 459 g/mol. The van der Waals surface area contributed by atoms with E-state index in [1.165, 1.54) is 4.31 Å². The zero-order valence-electron chi connectivity index (χ0n) is 14.4. The molecule has 2 heterocycles. The van der Waals surface area contributed by atoms with Gasteiger partial charge < -0.3 is 10.2 Å². The molecule has 0 saturated carbocycles. The summed E-state index contributed by atoms with van der Waals surface area (Å²) in [4.78, 5) is 36.7. The number of halogens is 1. The molecule has 0 unspecified atom stereocenters. The summed E-state index contributed by atoms with van der Waals surface area (Å²) in [7, 11) is -3.61. The van der Waals surface area contributed by atoms with Crippen molar-refractivity contribution >= 4 is 43.8 Å². The van der Waals surface area contributed by atoms with Crippen molar-refractivity contribution in [2.45, 2.75) is 23.8 Å². The van der Waals surface area contributed by atoms with Crippen LogP contribution < -0.4 is 10.6 Å². The molecule has 1 atom stereocenters. The molecule has 1 aromatic carbocycles. The summed E-state index contributed by atoms with van der Waals surface area (Å²) in [6.07, 6.45) is 0.323. The van der Waals surface area contributed by atoms with E-state index < -0.39 is 28.0 Å². The van der Waals surface area contributed by atoms with Crippen molar-refractivity contribution in [1.29, 1.82) is 0 Å². The van der Waals surface area contributed by atoms with Crippen LogP contribution in [-0.4, -0.2) is 67.7 Å². The van der Waals surface area contributed by atoms with Gasteiger partial charge in [-0.05, 0) is 24.6 Å². The third-order valence-corrected chi connectivity index (χ3v) is 6.92. The van der Waals surface area contributed by atoms with Gasteiger partial charge in [-0.2, -0.15) is 4.31 Å². The van der Waals surface area contributed by atoms with Crippen LogP contribution in [0.3, 0.4) is 0 Å². The standard InChI is InChI=1S/C16H19BrN4O5S/c17-11-2-1-3-12(10-11)27(25,26)21-8-6-20(7-9-21)14(22)5-4-13-15(23)19-16(24)18-13/h1-3,10,13H,4-9H2,(H2,18,19,23,24)/t13-/m0/s1. The SMILES string of the molecule is O=C1NC(=O)[C@H](CCC(=O)N2CCN(S(=O)(=O)c3cccc(Br)c3)CC2)N1. The van der Waals surface area contributed by atoms with Gasteiger partial charge in [0.15, 0.2) is 0 Å². The Balaban J connectivity index is 1.53. The molecule has 2 N–H and O–H groups in total. The summed E-state index contributed by atoms with van der Waals surface area (Å²) in [6, 6.07) is 5.26. The maximum atomic E-state index is 12.7. The minimum atomic E-state index is -3.61. The third-order valence-electron chi connectivity index (χ3n) is 4.53. The van der Waals surface area contributed by atoms with Crippen LogP contribution in [0.1, 0.15) is 12.8 Å². The quantitative estimate of drug-likeness (QED) is 0.614. The van der Waals surface area contributed by atoms with E-state index >= 15 is 0 Å². The average Bonchev–Trinajstić information content (AvgIpc) is 2.97. The molecule has 27 heavy (non-hydrogen) atoms. The van der Waals surface area contributed by atoms with E-state index in [4.69, 9.17) is 0 Å². The summed E-state index contributed by atoms with van der Waals surface area (Å²) in [5.74, 6) is -0.596. The van der Waals surface area contributed by atoms with Crippen molar-refractivity contribution in [3.8, 4) is 0 Å². The lowest BCUT2D eigenvalue weighted by Crippen LogP contribution is -2.50. The van der Waals surface area contributed by atoms with Crippen LogP contribution in [0.15, 0.2) is 33.6 Å². The number of benzene rings is 1. The Bertz CT molecular complexity index is 867. The molecule has 2 aliphatic rings. The monoisotopic (exact) mass is 458 g/mol. The van der Waals surface area contributed by atoms with Gasteiger partial charge in [-0.15, -0.1) is 0 Å². The highest BCUT2D eigenvalue weighted by Gasteiger charge is 2.32. The van der Waals surface area contributed by atoms with Gasteiger partial charge in [0.05, 0.1) is 4.90 Å². The molecule has 146 valence electrons. The maximum Gasteiger partial charge on any atom is 0.322 e. The number of carbonyl (C=O) groups excluding carboxylic acids is 3. The zero-order chi connectivity index (χ0) is 19.6. The molecular weight excluding hydrogens is 440 g/mol. The van der Waals surface area contributed by atoms with Gasteiger partial charge in [0.2, 0.25) is 15.9 Å². The molecule has 0 bridgehead atoms. The molecule has 4 amide bonds. The fourth-order valence-electron chi connectivity index (χ4n) is 3.04. The largest absolute Gasteiger partial charge is 0.340 e. The number of nitrogens with one attached hydrogen (secondary N) is 2. The van der Waals surface area contributed by atoms with Gasteiger partial charge >= 0.3 is 6.03 Å². The normalized spacial score (nSPS) is 21.1. The van der Waals surface area contributed by atoms with Gasteiger partial charge in [0, 0.05) is 37.1 Å². The molecule has 9 nitrogen and oxygen atoms in total. The number of amides is 4. The second-order valence-electron chi connectivity index (χ2n) is 6.30. The first-order valence-electron chi connectivity index (χ1n) is 8.42. The van der Waals surface area contributed by atoms with E-state index in [9.17, 15) is 22.8 Å². The molecular formula is C16H19BrN4O5S. The van der Waals surface area contributed by atoms with E-state index in [1.54, 1.807) is 29.2 Å². The number of rotatable bonds is 5. The summed E-state index contributed by atoms with van der Waals surface area (Å²) < 4.78 is 27.4. The highest BCUT2D eigenvalue weighted by atomic mass is 79.9. The van der Waals surface area contributed by atoms with Crippen molar-refractivity contribution in [1.82, 2.24) is 19.8 Å². The fourth-order valence-corrected chi connectivity index (χ4v) is 5.06. The molecule has 0 radical (unpaired) electrons. The van der Waals surface area contributed by atoms with Gasteiger partial charge in [-0.3, -0.25) is 14.9 Å². The van der Waals surface area contributed by atoms with E-state index in [0.29, 0.717) is 4.47 Å². The first-order valence-corrected chi connectivity index (χ1v) is 10.7. The Morgan fingerprint density at radius 3 is 2.48 bits per heavy atom. The molecule has 3 rings (SSSR count). The number of hydrogen-bond acceptors (Lipinski definition) is 5. The molecule has 0 spiro atoms. The lowest BCUT2D eigenvalue weighted by Gasteiger charge is -2.34. The number of hydrogen-bond donors (Lipinski definition) is 2. The summed E-state index contributed by atoms with van der Waals surface area (Å²) >= 11 is 3.27. The Morgan fingerprint density at radius 1 is 1.19 bits per heavy atom. The van der Waals surface area contributed by atoms with Crippen LogP contribution in [0.2, 0.25) is 0 Å². The minimum Gasteiger partial charge on any atom is -0.340 e. The predicted octanol–water partition coefficient (Wildman–Crippen LogP) is 0.270. The molecule has 2 fully saturated rings. The van der Waals surface area contributed by atoms with E-state index in [-0.39, 0.29) is 49.8 Å². The lowest BCUT2D eigenvalue weighted by molar-refractivity contribution is -0.132. The van der Waals surface area contributed by atoms with Crippen molar-refractivity contribution in [2.75, 3.05) is 26.2 Å². The Labute approximate surface area is 165 Å². The molecule has 2 saturated heterocycles. The van der Waals surface area contributed by atoms with Gasteiger partial charge in [0.1, 0.15) is 6.04 Å². The van der Waals surface area contributed by atoms with E-state index in [1.807, 2.05) is 0 Å². The molecule has 11 heteroatoms. The van der Waals surface area contributed by atoms with Crippen molar-refractivity contribution in [3.05, 3.63) is 28.7 Å². The Morgan fingerprint density at radius 2 is 1.89 bits per heavy atom. The van der Waals surface area contributed by atoms with Crippen molar-refractivity contribution < 1.29 is 22.8 Å². The number of imide groups is 1. The molecule has 0 aromatic heterocycles. The van der Waals surface area contributed by atoms with Gasteiger partial charge in [-0.25, -0.2) is 13.2 Å². The topological polar surface area (TPSA) is 116 Å². The first kappa shape index (κ1) is 19.8. The van der Waals surface area contributed by atoms with Crippen LogP contribution in [0, 0.1) is 0 Å². The van der Waals surface area contributed by atoms with Crippen molar-refractivity contribution in [3.63, 3.8) is 0 Å². The Hall–Kier alpha value is -1.98. The number of nitrogens with zero attached hydrogens (tertiary/aromatic N) is 2. The van der Waals surface area contributed by atoms with Gasteiger partial charge in [-0.1, -0.05) is 22.0 Å². The van der Waals surface area contributed by atoms with E-state index in [2.05, 4.69) is 26.6 Å².